The van der Waals surface area contributed by atoms with Gasteiger partial charge in [0.15, 0.2) is 10.9 Å². The number of carbonyl (C=O) groups is 1. The van der Waals surface area contributed by atoms with Gasteiger partial charge in [-0.3, -0.25) is 14.4 Å². The molecule has 2 aliphatic rings. The van der Waals surface area contributed by atoms with Gasteiger partial charge >= 0.3 is 5.97 Å². The molecule has 2 aliphatic carbocycles. The van der Waals surface area contributed by atoms with Crippen LogP contribution in [-0.4, -0.2) is 5.97 Å². The van der Waals surface area contributed by atoms with Gasteiger partial charge in [-0.15, -0.1) is 0 Å². The van der Waals surface area contributed by atoms with Gasteiger partial charge < -0.3 is 4.74 Å². The molecule has 6 rings (SSSR count). The first kappa shape index (κ1) is 19.4. The average molecular weight is 485 g/mol. The molecule has 0 saturated carbocycles. The first-order valence-corrected chi connectivity index (χ1v) is 11.1. The van der Waals surface area contributed by atoms with Crippen molar-refractivity contribution in [1.29, 1.82) is 0 Å². The van der Waals surface area contributed by atoms with Gasteiger partial charge in [-0.2, -0.15) is 0 Å². The molecule has 0 amide bonds. The summed E-state index contributed by atoms with van der Waals surface area (Å²) in [6, 6.07) is 14.5. The monoisotopic (exact) mass is 484 g/mol. The summed E-state index contributed by atoms with van der Waals surface area (Å²) in [4.78, 5) is 39.9. The Labute approximate surface area is 190 Å². The number of benzene rings is 6. The first-order chi connectivity index (χ1) is 15.2. The minimum Gasteiger partial charge on any atom is -0.425 e. The average Bonchev–Trinajstić information content (AvgIpc) is 2.75. The summed E-state index contributed by atoms with van der Waals surface area (Å²) in [5, 5.41) is 4.98. The van der Waals surface area contributed by atoms with Gasteiger partial charge in [0.25, 0.3) is 0 Å². The predicted octanol–water partition coefficient (Wildman–Crippen LogP) is 6.15. The Bertz CT molecular complexity index is 1680. The lowest BCUT2D eigenvalue weighted by Gasteiger charge is -2.24. The van der Waals surface area contributed by atoms with Gasteiger partial charge in [-0.05, 0) is 32.9 Å². The second-order valence-electron chi connectivity index (χ2n) is 9.33. The summed E-state index contributed by atoms with van der Waals surface area (Å²) in [6.07, 6.45) is 0. The molecule has 0 fully saturated rings. The highest BCUT2D eigenvalue weighted by Gasteiger charge is 2.31. The van der Waals surface area contributed by atoms with Crippen molar-refractivity contribution in [2.45, 2.75) is 20.8 Å². The Balaban J connectivity index is 1.96. The van der Waals surface area contributed by atoms with Crippen LogP contribution in [0, 0.1) is 5.41 Å². The van der Waals surface area contributed by atoms with Crippen LogP contribution in [0.25, 0.3) is 54.2 Å². The smallest absolute Gasteiger partial charge is 0.316 e. The van der Waals surface area contributed by atoms with E-state index in [1.807, 2.05) is 24.3 Å². The van der Waals surface area contributed by atoms with E-state index in [9.17, 15) is 14.4 Å². The van der Waals surface area contributed by atoms with Crippen molar-refractivity contribution in [3.63, 3.8) is 0 Å². The molecular weight excluding hydrogens is 468 g/mol. The van der Waals surface area contributed by atoms with Crippen LogP contribution in [0.3, 0.4) is 0 Å². The molecule has 156 valence electrons. The van der Waals surface area contributed by atoms with Crippen LogP contribution in [0.1, 0.15) is 20.8 Å². The Kier molecular flexibility index (Phi) is 3.72. The fraction of sp³-hybridized carbons (Fsp3) is 0.148. The van der Waals surface area contributed by atoms with Crippen LogP contribution in [0.15, 0.2) is 62.6 Å². The first-order valence-electron chi connectivity index (χ1n) is 10.4. The number of carbonyl (C=O) groups excluding carboxylic acids is 1. The predicted molar refractivity (Wildman–Crippen MR) is 132 cm³/mol. The van der Waals surface area contributed by atoms with Crippen molar-refractivity contribution >= 4 is 65.0 Å². The van der Waals surface area contributed by atoms with Crippen LogP contribution in [0.2, 0.25) is 0 Å². The number of esters is 1. The van der Waals surface area contributed by atoms with Crippen LogP contribution < -0.4 is 15.6 Å². The van der Waals surface area contributed by atoms with Crippen molar-refractivity contribution in [1.82, 2.24) is 0 Å². The summed E-state index contributed by atoms with van der Waals surface area (Å²) in [5.74, 6) is 0.0208. The van der Waals surface area contributed by atoms with Crippen LogP contribution >= 0.6 is 15.9 Å². The van der Waals surface area contributed by atoms with E-state index < -0.39 is 5.41 Å². The molecule has 0 radical (unpaired) electrons. The Hall–Kier alpha value is -3.31. The van der Waals surface area contributed by atoms with E-state index in [0.717, 1.165) is 16.3 Å². The summed E-state index contributed by atoms with van der Waals surface area (Å²) >= 11 is 3.47. The van der Waals surface area contributed by atoms with E-state index in [1.54, 1.807) is 45.0 Å². The number of rotatable bonds is 1. The van der Waals surface area contributed by atoms with Crippen molar-refractivity contribution in [2.24, 2.45) is 5.41 Å². The van der Waals surface area contributed by atoms with Gasteiger partial charge in [0, 0.05) is 58.7 Å². The lowest BCUT2D eigenvalue weighted by Crippen LogP contribution is -2.26. The van der Waals surface area contributed by atoms with E-state index >= 15 is 0 Å². The molecule has 0 aromatic heterocycles. The molecule has 0 spiro atoms. The molecule has 0 heterocycles. The Morgan fingerprint density at radius 3 is 1.69 bits per heavy atom. The molecule has 0 unspecified atom stereocenters. The third-order valence-corrected chi connectivity index (χ3v) is 6.71. The zero-order valence-corrected chi connectivity index (χ0v) is 19.2. The largest absolute Gasteiger partial charge is 0.425 e. The summed E-state index contributed by atoms with van der Waals surface area (Å²) in [6.45, 7) is 5.39. The van der Waals surface area contributed by atoms with E-state index in [-0.39, 0.29) is 16.8 Å². The van der Waals surface area contributed by atoms with Gasteiger partial charge in [0.05, 0.1) is 5.41 Å². The fourth-order valence-electron chi connectivity index (χ4n) is 4.80. The molecule has 4 aromatic rings. The zero-order chi connectivity index (χ0) is 22.5. The van der Waals surface area contributed by atoms with Crippen LogP contribution in [0.5, 0.6) is 5.75 Å². The molecule has 0 aliphatic heterocycles. The topological polar surface area (TPSA) is 60.4 Å². The van der Waals surface area contributed by atoms with Crippen molar-refractivity contribution < 1.29 is 9.53 Å². The molecule has 4 aromatic carbocycles. The zero-order valence-electron chi connectivity index (χ0n) is 17.6. The highest BCUT2D eigenvalue weighted by Crippen LogP contribution is 2.50. The van der Waals surface area contributed by atoms with Crippen molar-refractivity contribution in [3.8, 4) is 16.9 Å². The molecule has 0 N–H and O–H groups in total. The molecule has 32 heavy (non-hydrogen) atoms. The third-order valence-electron chi connectivity index (χ3n) is 6.26. The Morgan fingerprint density at radius 2 is 1.22 bits per heavy atom. The molecule has 0 saturated heterocycles. The number of halogens is 1. The molecule has 5 heteroatoms. The van der Waals surface area contributed by atoms with Gasteiger partial charge in [0.2, 0.25) is 0 Å². The fourth-order valence-corrected chi connectivity index (χ4v) is 5.26. The van der Waals surface area contributed by atoms with Gasteiger partial charge in [0.1, 0.15) is 5.75 Å². The normalized spacial score (nSPS) is 12.8. The lowest BCUT2D eigenvalue weighted by molar-refractivity contribution is -0.142. The van der Waals surface area contributed by atoms with E-state index in [1.165, 1.54) is 0 Å². The summed E-state index contributed by atoms with van der Waals surface area (Å²) in [7, 11) is 0. The highest BCUT2D eigenvalue weighted by molar-refractivity contribution is 9.10. The molecule has 0 bridgehead atoms. The minimum absolute atomic E-state index is 0.139. The summed E-state index contributed by atoms with van der Waals surface area (Å²) in [5.41, 5.74) is 0.552. The van der Waals surface area contributed by atoms with Crippen LogP contribution in [-0.2, 0) is 4.79 Å². The maximum atomic E-state index is 13.5. The standard InChI is InChI=1S/C27H17BrO4/c1-27(2,3)26(31)32-25-15-8-4-6-13-19(15)22-20-14(7-5-9-16(20)25)24(30)18-11-12(28)10-17(21(18)22)23(13)29/h4-11H,1-3H3. The maximum Gasteiger partial charge on any atom is 0.316 e. The SMILES string of the molecule is CC(C)(C)C(=O)Oc1c2cccc3c(=O)c4cc(Br)cc5c4-c(c23)c2c1cccc2c5=O. The lowest BCUT2D eigenvalue weighted by atomic mass is 9.80. The van der Waals surface area contributed by atoms with Crippen LogP contribution in [0.4, 0.5) is 0 Å². The maximum absolute atomic E-state index is 13.5. The second-order valence-corrected chi connectivity index (χ2v) is 10.2. The number of hydrogen-bond acceptors (Lipinski definition) is 4. The molecule has 0 atom stereocenters. The second kappa shape index (κ2) is 6.14. The molecule has 4 nitrogen and oxygen atoms in total. The van der Waals surface area contributed by atoms with E-state index in [0.29, 0.717) is 48.1 Å². The van der Waals surface area contributed by atoms with Crippen molar-refractivity contribution in [3.05, 3.63) is 73.5 Å². The number of hydrogen-bond donors (Lipinski definition) is 0. The quantitative estimate of drug-likeness (QED) is 0.121. The highest BCUT2D eigenvalue weighted by atomic mass is 79.9. The number of ether oxygens (including phenoxy) is 1. The van der Waals surface area contributed by atoms with Gasteiger partial charge in [-0.1, -0.05) is 52.3 Å². The van der Waals surface area contributed by atoms with Crippen molar-refractivity contribution in [2.75, 3.05) is 0 Å². The molecular formula is C27H17BrO4. The van der Waals surface area contributed by atoms with E-state index in [2.05, 4.69) is 15.9 Å². The third kappa shape index (κ3) is 2.34. The summed E-state index contributed by atoms with van der Waals surface area (Å²) < 4.78 is 6.66. The Morgan fingerprint density at radius 1 is 0.750 bits per heavy atom. The van der Waals surface area contributed by atoms with Gasteiger partial charge in [-0.25, -0.2) is 0 Å². The minimum atomic E-state index is -0.710. The van der Waals surface area contributed by atoms with E-state index in [4.69, 9.17) is 4.74 Å².